The number of oxime groups is 1. The minimum Gasteiger partial charge on any atom is -0.409 e. The molecule has 0 saturated heterocycles. The van der Waals surface area contributed by atoms with Crippen molar-refractivity contribution in [3.05, 3.63) is 59.7 Å². The molecule has 0 unspecified atom stereocenters. The average molecular weight is 257 g/mol. The smallest absolute Gasteiger partial charge is 0.189 e. The predicted molar refractivity (Wildman–Crippen MR) is 71.5 cm³/mol. The van der Waals surface area contributed by atoms with Gasteiger partial charge in [0.05, 0.1) is 0 Å². The second-order valence-electron chi connectivity index (χ2n) is 3.96. The van der Waals surface area contributed by atoms with E-state index in [1.165, 1.54) is 0 Å². The maximum atomic E-state index is 8.71. The van der Waals surface area contributed by atoms with E-state index in [0.717, 1.165) is 11.1 Å². The summed E-state index contributed by atoms with van der Waals surface area (Å²) in [5.41, 5.74) is 8.10. The number of hydrogen-bond donors (Lipinski definition) is 3. The SMILES string of the molecule is NC(=NO)c1ncccc1CNCc1ccncc1. The fourth-order valence-electron chi connectivity index (χ4n) is 1.70. The molecular formula is C13H15N5O. The van der Waals surface area contributed by atoms with Crippen LogP contribution >= 0.6 is 0 Å². The molecule has 19 heavy (non-hydrogen) atoms. The summed E-state index contributed by atoms with van der Waals surface area (Å²) >= 11 is 0. The second kappa shape index (κ2) is 6.46. The van der Waals surface area contributed by atoms with Gasteiger partial charge in [-0.15, -0.1) is 0 Å². The van der Waals surface area contributed by atoms with Gasteiger partial charge in [0.25, 0.3) is 0 Å². The van der Waals surface area contributed by atoms with Gasteiger partial charge in [-0.05, 0) is 29.3 Å². The van der Waals surface area contributed by atoms with Crippen LogP contribution < -0.4 is 11.1 Å². The monoisotopic (exact) mass is 257 g/mol. The first-order chi connectivity index (χ1) is 9.31. The van der Waals surface area contributed by atoms with Gasteiger partial charge in [0.2, 0.25) is 0 Å². The minimum atomic E-state index is 0.0151. The van der Waals surface area contributed by atoms with Crippen molar-refractivity contribution in [2.45, 2.75) is 13.1 Å². The van der Waals surface area contributed by atoms with Crippen LogP contribution in [-0.4, -0.2) is 21.0 Å². The zero-order valence-electron chi connectivity index (χ0n) is 10.3. The average Bonchev–Trinajstić information content (AvgIpc) is 2.48. The van der Waals surface area contributed by atoms with Crippen LogP contribution in [0.5, 0.6) is 0 Å². The molecular weight excluding hydrogens is 242 g/mol. The van der Waals surface area contributed by atoms with Crippen molar-refractivity contribution in [3.8, 4) is 0 Å². The Kier molecular flexibility index (Phi) is 4.41. The normalized spacial score (nSPS) is 11.5. The van der Waals surface area contributed by atoms with Crippen molar-refractivity contribution >= 4 is 5.84 Å². The van der Waals surface area contributed by atoms with Gasteiger partial charge in [-0.2, -0.15) is 0 Å². The fraction of sp³-hybridized carbons (Fsp3) is 0.154. The van der Waals surface area contributed by atoms with E-state index in [1.807, 2.05) is 24.3 Å². The summed E-state index contributed by atoms with van der Waals surface area (Å²) in [6.45, 7) is 1.30. The second-order valence-corrected chi connectivity index (χ2v) is 3.96. The summed E-state index contributed by atoms with van der Waals surface area (Å²) in [7, 11) is 0. The van der Waals surface area contributed by atoms with Crippen LogP contribution in [0, 0.1) is 0 Å². The van der Waals surface area contributed by atoms with Gasteiger partial charge in [0.15, 0.2) is 5.84 Å². The fourth-order valence-corrected chi connectivity index (χ4v) is 1.70. The van der Waals surface area contributed by atoms with Crippen LogP contribution in [-0.2, 0) is 13.1 Å². The molecule has 2 aromatic heterocycles. The molecule has 0 aliphatic heterocycles. The third kappa shape index (κ3) is 3.49. The molecule has 0 atom stereocenters. The summed E-state index contributed by atoms with van der Waals surface area (Å²) in [4.78, 5) is 8.07. The maximum absolute atomic E-state index is 8.71. The van der Waals surface area contributed by atoms with Crippen LogP contribution in [0.2, 0.25) is 0 Å². The van der Waals surface area contributed by atoms with E-state index >= 15 is 0 Å². The Morgan fingerprint density at radius 2 is 2.00 bits per heavy atom. The zero-order valence-corrected chi connectivity index (χ0v) is 10.3. The zero-order chi connectivity index (χ0) is 13.5. The molecule has 2 aromatic rings. The molecule has 0 fully saturated rings. The van der Waals surface area contributed by atoms with Crippen molar-refractivity contribution < 1.29 is 5.21 Å². The number of aromatic nitrogens is 2. The third-order valence-electron chi connectivity index (χ3n) is 2.64. The molecule has 0 aromatic carbocycles. The molecule has 2 rings (SSSR count). The van der Waals surface area contributed by atoms with Crippen molar-refractivity contribution in [1.29, 1.82) is 0 Å². The van der Waals surface area contributed by atoms with Gasteiger partial charge in [-0.25, -0.2) is 0 Å². The molecule has 0 radical (unpaired) electrons. The van der Waals surface area contributed by atoms with Crippen LogP contribution in [0.1, 0.15) is 16.8 Å². The summed E-state index contributed by atoms with van der Waals surface area (Å²) in [5.74, 6) is 0.0151. The minimum absolute atomic E-state index is 0.0151. The largest absolute Gasteiger partial charge is 0.409 e. The van der Waals surface area contributed by atoms with Gasteiger partial charge in [-0.1, -0.05) is 11.2 Å². The Morgan fingerprint density at radius 1 is 1.21 bits per heavy atom. The predicted octanol–water partition coefficient (Wildman–Crippen LogP) is 0.861. The third-order valence-corrected chi connectivity index (χ3v) is 2.64. The molecule has 6 nitrogen and oxygen atoms in total. The van der Waals surface area contributed by atoms with Gasteiger partial charge in [0, 0.05) is 31.7 Å². The van der Waals surface area contributed by atoms with Gasteiger partial charge < -0.3 is 16.3 Å². The van der Waals surface area contributed by atoms with Gasteiger partial charge in [-0.3, -0.25) is 9.97 Å². The summed E-state index contributed by atoms with van der Waals surface area (Å²) in [6, 6.07) is 7.60. The number of amidine groups is 1. The highest BCUT2D eigenvalue weighted by Gasteiger charge is 2.07. The molecule has 0 bridgehead atoms. The molecule has 4 N–H and O–H groups in total. The highest BCUT2D eigenvalue weighted by atomic mass is 16.4. The highest BCUT2D eigenvalue weighted by molar-refractivity contribution is 5.96. The first kappa shape index (κ1) is 13.0. The number of hydrogen-bond acceptors (Lipinski definition) is 5. The Hall–Kier alpha value is -2.47. The van der Waals surface area contributed by atoms with Gasteiger partial charge >= 0.3 is 0 Å². The van der Waals surface area contributed by atoms with E-state index in [4.69, 9.17) is 10.9 Å². The van der Waals surface area contributed by atoms with E-state index in [-0.39, 0.29) is 5.84 Å². The lowest BCUT2D eigenvalue weighted by Gasteiger charge is -2.08. The highest BCUT2D eigenvalue weighted by Crippen LogP contribution is 2.05. The molecule has 2 heterocycles. The molecule has 0 amide bonds. The summed E-state index contributed by atoms with van der Waals surface area (Å²) in [5, 5.41) is 15.0. The van der Waals surface area contributed by atoms with E-state index in [9.17, 15) is 0 Å². The van der Waals surface area contributed by atoms with Crippen molar-refractivity contribution in [3.63, 3.8) is 0 Å². The van der Waals surface area contributed by atoms with Crippen molar-refractivity contribution in [2.75, 3.05) is 0 Å². The molecule has 6 heteroatoms. The number of nitrogens with one attached hydrogen (secondary N) is 1. The van der Waals surface area contributed by atoms with Gasteiger partial charge in [0.1, 0.15) is 5.69 Å². The van der Waals surface area contributed by atoms with E-state index in [2.05, 4.69) is 20.4 Å². The Morgan fingerprint density at radius 3 is 2.74 bits per heavy atom. The Labute approximate surface area is 111 Å². The molecule has 0 spiro atoms. The lowest BCUT2D eigenvalue weighted by atomic mass is 10.1. The number of pyridine rings is 2. The lowest BCUT2D eigenvalue weighted by molar-refractivity contribution is 0.318. The van der Waals surface area contributed by atoms with Crippen LogP contribution in [0.4, 0.5) is 0 Å². The number of rotatable bonds is 5. The lowest BCUT2D eigenvalue weighted by Crippen LogP contribution is -2.21. The molecule has 0 aliphatic carbocycles. The molecule has 0 aliphatic rings. The van der Waals surface area contributed by atoms with Crippen molar-refractivity contribution in [2.24, 2.45) is 10.9 Å². The molecule has 98 valence electrons. The quantitative estimate of drug-likeness (QED) is 0.319. The molecule has 0 saturated carbocycles. The van der Waals surface area contributed by atoms with E-state index < -0.39 is 0 Å². The first-order valence-corrected chi connectivity index (χ1v) is 5.82. The van der Waals surface area contributed by atoms with Crippen LogP contribution in [0.3, 0.4) is 0 Å². The van der Waals surface area contributed by atoms with Crippen molar-refractivity contribution in [1.82, 2.24) is 15.3 Å². The van der Waals surface area contributed by atoms with E-state index in [1.54, 1.807) is 18.6 Å². The number of nitrogens with zero attached hydrogens (tertiary/aromatic N) is 3. The Bertz CT molecular complexity index is 556. The standard InChI is InChI=1S/C13H15N5O/c14-13(18-19)12-11(2-1-5-17-12)9-16-8-10-3-6-15-7-4-10/h1-7,16,19H,8-9H2,(H2,14,18). The number of nitrogens with two attached hydrogens (primary N) is 1. The van der Waals surface area contributed by atoms with Crippen LogP contribution in [0.25, 0.3) is 0 Å². The summed E-state index contributed by atoms with van der Waals surface area (Å²) < 4.78 is 0. The topological polar surface area (TPSA) is 96.4 Å². The summed E-state index contributed by atoms with van der Waals surface area (Å²) in [6.07, 6.45) is 5.12. The van der Waals surface area contributed by atoms with Crippen LogP contribution in [0.15, 0.2) is 48.0 Å². The first-order valence-electron chi connectivity index (χ1n) is 5.82. The Balaban J connectivity index is 2.00. The van der Waals surface area contributed by atoms with E-state index in [0.29, 0.717) is 18.8 Å². The maximum Gasteiger partial charge on any atom is 0.189 e.